The Labute approximate surface area is 123 Å². The molecule has 1 aromatic carbocycles. The molecule has 1 saturated heterocycles. The highest BCUT2D eigenvalue weighted by molar-refractivity contribution is 7.80. The molecule has 1 aromatic rings. The van der Waals surface area contributed by atoms with Crippen molar-refractivity contribution < 1.29 is 14.3 Å². The molecule has 5 nitrogen and oxygen atoms in total. The van der Waals surface area contributed by atoms with Crippen molar-refractivity contribution in [1.82, 2.24) is 4.90 Å². The summed E-state index contributed by atoms with van der Waals surface area (Å²) in [4.78, 5) is 14.1. The third-order valence-corrected chi connectivity index (χ3v) is 3.32. The molecule has 1 aliphatic rings. The van der Waals surface area contributed by atoms with Crippen molar-refractivity contribution in [3.63, 3.8) is 0 Å². The van der Waals surface area contributed by atoms with E-state index in [0.717, 1.165) is 0 Å². The SMILES string of the molecule is CC1CN(C(=O)COc2ccccc2C(N)=S)CCO1. The predicted octanol–water partition coefficient (Wildman–Crippen LogP) is 0.947. The van der Waals surface area contributed by atoms with Gasteiger partial charge < -0.3 is 20.1 Å². The fraction of sp³-hybridized carbons (Fsp3) is 0.429. The number of ether oxygens (including phenoxy) is 2. The van der Waals surface area contributed by atoms with Gasteiger partial charge in [0, 0.05) is 13.1 Å². The zero-order valence-electron chi connectivity index (χ0n) is 11.4. The fourth-order valence-electron chi connectivity index (χ4n) is 2.07. The molecule has 6 heteroatoms. The van der Waals surface area contributed by atoms with Crippen LogP contribution in [0.2, 0.25) is 0 Å². The Hall–Kier alpha value is -1.66. The lowest BCUT2D eigenvalue weighted by atomic mass is 10.2. The van der Waals surface area contributed by atoms with Crippen molar-refractivity contribution in [2.45, 2.75) is 13.0 Å². The number of nitrogens with two attached hydrogens (primary N) is 1. The number of thiocarbonyl (C=S) groups is 1. The Kier molecular flexibility index (Phi) is 4.92. The number of carbonyl (C=O) groups is 1. The van der Waals surface area contributed by atoms with E-state index in [1.807, 2.05) is 19.1 Å². The average Bonchev–Trinajstić information content (AvgIpc) is 2.45. The van der Waals surface area contributed by atoms with Crippen molar-refractivity contribution in [3.05, 3.63) is 29.8 Å². The lowest BCUT2D eigenvalue weighted by Gasteiger charge is -2.31. The van der Waals surface area contributed by atoms with Crippen molar-refractivity contribution in [2.75, 3.05) is 26.3 Å². The van der Waals surface area contributed by atoms with E-state index in [4.69, 9.17) is 27.4 Å². The number of hydrogen-bond donors (Lipinski definition) is 1. The summed E-state index contributed by atoms with van der Waals surface area (Å²) in [5, 5.41) is 0. The smallest absolute Gasteiger partial charge is 0.260 e. The van der Waals surface area contributed by atoms with Gasteiger partial charge in [0.2, 0.25) is 0 Å². The number of morpholine rings is 1. The molecule has 1 unspecified atom stereocenters. The minimum atomic E-state index is -0.0575. The van der Waals surface area contributed by atoms with Crippen LogP contribution in [0.3, 0.4) is 0 Å². The summed E-state index contributed by atoms with van der Waals surface area (Å²) in [7, 11) is 0. The van der Waals surface area contributed by atoms with Crippen LogP contribution in [-0.2, 0) is 9.53 Å². The largest absolute Gasteiger partial charge is 0.483 e. The van der Waals surface area contributed by atoms with Crippen LogP contribution in [-0.4, -0.2) is 48.2 Å². The molecular formula is C14H18N2O3S. The standard InChI is InChI=1S/C14H18N2O3S/c1-10-8-16(6-7-18-10)13(17)9-19-12-5-3-2-4-11(12)14(15)20/h2-5,10H,6-9H2,1H3,(H2,15,20). The molecule has 1 heterocycles. The maximum absolute atomic E-state index is 12.1. The average molecular weight is 294 g/mol. The Balaban J connectivity index is 1.95. The van der Waals surface area contributed by atoms with Gasteiger partial charge in [0.15, 0.2) is 6.61 Å². The van der Waals surface area contributed by atoms with Crippen LogP contribution in [0.15, 0.2) is 24.3 Å². The van der Waals surface area contributed by atoms with Gasteiger partial charge in [-0.05, 0) is 19.1 Å². The molecule has 0 bridgehead atoms. The molecule has 1 atom stereocenters. The summed E-state index contributed by atoms with van der Waals surface area (Å²) < 4.78 is 11.0. The van der Waals surface area contributed by atoms with Gasteiger partial charge in [0.05, 0.1) is 18.3 Å². The molecule has 1 fully saturated rings. The summed E-state index contributed by atoms with van der Waals surface area (Å²) in [6.45, 7) is 3.69. The number of amides is 1. The van der Waals surface area contributed by atoms with E-state index in [1.165, 1.54) is 0 Å². The fourth-order valence-corrected chi connectivity index (χ4v) is 2.24. The molecule has 0 spiro atoms. The molecule has 2 N–H and O–H groups in total. The normalized spacial score (nSPS) is 18.6. The highest BCUT2D eigenvalue weighted by atomic mass is 32.1. The van der Waals surface area contributed by atoms with Crippen molar-refractivity contribution >= 4 is 23.1 Å². The Morgan fingerprint density at radius 1 is 1.55 bits per heavy atom. The Morgan fingerprint density at radius 2 is 2.30 bits per heavy atom. The van der Waals surface area contributed by atoms with Crippen LogP contribution in [0.1, 0.15) is 12.5 Å². The van der Waals surface area contributed by atoms with Gasteiger partial charge in [-0.2, -0.15) is 0 Å². The van der Waals surface area contributed by atoms with Gasteiger partial charge in [-0.3, -0.25) is 4.79 Å². The summed E-state index contributed by atoms with van der Waals surface area (Å²) >= 11 is 4.96. The molecule has 1 amide bonds. The van der Waals surface area contributed by atoms with Crippen LogP contribution in [0.25, 0.3) is 0 Å². The van der Waals surface area contributed by atoms with E-state index < -0.39 is 0 Å². The van der Waals surface area contributed by atoms with Crippen molar-refractivity contribution in [1.29, 1.82) is 0 Å². The van der Waals surface area contributed by atoms with Crippen LogP contribution in [0.5, 0.6) is 5.75 Å². The van der Waals surface area contributed by atoms with E-state index in [0.29, 0.717) is 31.0 Å². The van der Waals surface area contributed by atoms with E-state index >= 15 is 0 Å². The Morgan fingerprint density at radius 3 is 3.00 bits per heavy atom. The van der Waals surface area contributed by atoms with Crippen LogP contribution in [0, 0.1) is 0 Å². The minimum Gasteiger partial charge on any atom is -0.483 e. The third kappa shape index (κ3) is 3.68. The Bertz CT molecular complexity index is 507. The molecular weight excluding hydrogens is 276 g/mol. The number of carbonyl (C=O) groups excluding carboxylic acids is 1. The summed E-state index contributed by atoms with van der Waals surface area (Å²) in [6, 6.07) is 7.17. The molecule has 20 heavy (non-hydrogen) atoms. The third-order valence-electron chi connectivity index (χ3n) is 3.10. The molecule has 1 aliphatic heterocycles. The second kappa shape index (κ2) is 6.67. The first kappa shape index (κ1) is 14.7. The van der Waals surface area contributed by atoms with Gasteiger partial charge in [-0.15, -0.1) is 0 Å². The monoisotopic (exact) mass is 294 g/mol. The number of nitrogens with zero attached hydrogens (tertiary/aromatic N) is 1. The number of para-hydroxylation sites is 1. The van der Waals surface area contributed by atoms with Crippen molar-refractivity contribution in [3.8, 4) is 5.75 Å². The van der Waals surface area contributed by atoms with E-state index in [2.05, 4.69) is 0 Å². The first-order valence-electron chi connectivity index (χ1n) is 6.49. The first-order valence-corrected chi connectivity index (χ1v) is 6.89. The van der Waals surface area contributed by atoms with Gasteiger partial charge >= 0.3 is 0 Å². The first-order chi connectivity index (χ1) is 9.58. The molecule has 2 rings (SSSR count). The number of rotatable bonds is 4. The van der Waals surface area contributed by atoms with Crippen molar-refractivity contribution in [2.24, 2.45) is 5.73 Å². The molecule has 108 valence electrons. The number of benzene rings is 1. The molecule has 0 aliphatic carbocycles. The van der Waals surface area contributed by atoms with Gasteiger partial charge in [0.25, 0.3) is 5.91 Å². The van der Waals surface area contributed by atoms with E-state index in [1.54, 1.807) is 17.0 Å². The second-order valence-electron chi connectivity index (χ2n) is 4.67. The minimum absolute atomic E-state index is 0.0215. The van der Waals surface area contributed by atoms with Crippen LogP contribution < -0.4 is 10.5 Å². The highest BCUT2D eigenvalue weighted by Crippen LogP contribution is 2.18. The van der Waals surface area contributed by atoms with E-state index in [-0.39, 0.29) is 23.6 Å². The van der Waals surface area contributed by atoms with Gasteiger partial charge in [-0.1, -0.05) is 24.4 Å². The van der Waals surface area contributed by atoms with E-state index in [9.17, 15) is 4.79 Å². The molecule has 0 saturated carbocycles. The summed E-state index contributed by atoms with van der Waals surface area (Å²) in [5.74, 6) is 0.479. The lowest BCUT2D eigenvalue weighted by molar-refractivity contribution is -0.140. The molecule has 0 aromatic heterocycles. The van der Waals surface area contributed by atoms with Gasteiger partial charge in [-0.25, -0.2) is 0 Å². The zero-order valence-corrected chi connectivity index (χ0v) is 12.2. The number of hydrogen-bond acceptors (Lipinski definition) is 4. The summed E-state index contributed by atoms with van der Waals surface area (Å²) in [6.07, 6.45) is 0.0663. The zero-order chi connectivity index (χ0) is 14.5. The lowest BCUT2D eigenvalue weighted by Crippen LogP contribution is -2.46. The maximum Gasteiger partial charge on any atom is 0.260 e. The van der Waals surface area contributed by atoms with Gasteiger partial charge in [0.1, 0.15) is 10.7 Å². The quantitative estimate of drug-likeness (QED) is 0.838. The second-order valence-corrected chi connectivity index (χ2v) is 5.11. The van der Waals surface area contributed by atoms with Crippen LogP contribution >= 0.6 is 12.2 Å². The van der Waals surface area contributed by atoms with Crippen LogP contribution in [0.4, 0.5) is 0 Å². The molecule has 0 radical (unpaired) electrons. The predicted molar refractivity (Wildman–Crippen MR) is 79.8 cm³/mol. The topological polar surface area (TPSA) is 64.8 Å². The summed E-state index contributed by atoms with van der Waals surface area (Å²) in [5.41, 5.74) is 6.27. The maximum atomic E-state index is 12.1. The highest BCUT2D eigenvalue weighted by Gasteiger charge is 2.21.